The summed E-state index contributed by atoms with van der Waals surface area (Å²) in [6, 6.07) is 6.84. The van der Waals surface area contributed by atoms with Crippen LogP contribution in [-0.4, -0.2) is 87.6 Å². The number of ether oxygens (including phenoxy) is 1. The van der Waals surface area contributed by atoms with E-state index in [2.05, 4.69) is 19.1 Å². The maximum atomic E-state index is 14.5. The van der Waals surface area contributed by atoms with Crippen LogP contribution in [0.15, 0.2) is 48.6 Å². The SMILES string of the molecule is CCCCCN1CC=C[C@]23S[C@]4(C)C=CCN(c5ccc(OCC)cc5)C(=O)[C@@H]4[C@H]2C(=O)N(CCCCO)C3C1=O. The molecule has 4 heterocycles. The lowest BCUT2D eigenvalue weighted by atomic mass is 9.74. The summed E-state index contributed by atoms with van der Waals surface area (Å²) < 4.78 is 4.11. The summed E-state index contributed by atoms with van der Waals surface area (Å²) in [4.78, 5) is 48.6. The number of benzene rings is 1. The van der Waals surface area contributed by atoms with E-state index < -0.39 is 27.4 Å². The Morgan fingerprint density at radius 1 is 0.902 bits per heavy atom. The van der Waals surface area contributed by atoms with Crippen LogP contribution in [0.1, 0.15) is 52.9 Å². The van der Waals surface area contributed by atoms with E-state index in [4.69, 9.17) is 4.74 Å². The second-order valence-electron chi connectivity index (χ2n) is 11.6. The molecule has 5 atom stereocenters. The Bertz CT molecular complexity index is 1200. The summed E-state index contributed by atoms with van der Waals surface area (Å²) in [6.07, 6.45) is 12.4. The van der Waals surface area contributed by atoms with E-state index in [1.165, 1.54) is 0 Å². The van der Waals surface area contributed by atoms with Gasteiger partial charge in [0.15, 0.2) is 0 Å². The highest BCUT2D eigenvalue weighted by atomic mass is 32.2. The fourth-order valence-electron chi connectivity index (χ4n) is 7.08. The molecule has 5 rings (SSSR count). The van der Waals surface area contributed by atoms with Crippen LogP contribution in [0.3, 0.4) is 0 Å². The average Bonchev–Trinajstić information content (AvgIpc) is 3.22. The predicted octanol–water partition coefficient (Wildman–Crippen LogP) is 4.04. The number of unbranched alkanes of at least 4 members (excludes halogenated alkanes) is 3. The average molecular weight is 582 g/mol. The normalized spacial score (nSPS) is 30.8. The summed E-state index contributed by atoms with van der Waals surface area (Å²) in [7, 11) is 0. The molecule has 2 fully saturated rings. The van der Waals surface area contributed by atoms with Crippen molar-refractivity contribution >= 4 is 35.2 Å². The lowest BCUT2D eigenvalue weighted by Crippen LogP contribution is -2.53. The summed E-state index contributed by atoms with van der Waals surface area (Å²) in [5.41, 5.74) is 0.759. The zero-order valence-electron chi connectivity index (χ0n) is 24.5. The number of aliphatic hydroxyl groups is 1. The number of anilines is 1. The van der Waals surface area contributed by atoms with Crippen molar-refractivity contribution in [1.82, 2.24) is 9.80 Å². The van der Waals surface area contributed by atoms with Gasteiger partial charge in [0.2, 0.25) is 17.7 Å². The fraction of sp³-hybridized carbons (Fsp3) is 0.594. The Labute approximate surface area is 247 Å². The Morgan fingerprint density at radius 3 is 2.34 bits per heavy atom. The van der Waals surface area contributed by atoms with E-state index in [9.17, 15) is 19.5 Å². The lowest BCUT2D eigenvalue weighted by molar-refractivity contribution is -0.142. The molecule has 1 aromatic rings. The van der Waals surface area contributed by atoms with Gasteiger partial charge in [-0.3, -0.25) is 14.4 Å². The van der Waals surface area contributed by atoms with Gasteiger partial charge in [-0.25, -0.2) is 0 Å². The van der Waals surface area contributed by atoms with Gasteiger partial charge < -0.3 is 24.5 Å². The van der Waals surface area contributed by atoms with Crippen LogP contribution in [0.2, 0.25) is 0 Å². The lowest BCUT2D eigenvalue weighted by Gasteiger charge is -2.37. The highest BCUT2D eigenvalue weighted by Crippen LogP contribution is 2.65. The summed E-state index contributed by atoms with van der Waals surface area (Å²) in [5, 5.41) is 9.44. The highest BCUT2D eigenvalue weighted by Gasteiger charge is 2.73. The van der Waals surface area contributed by atoms with Crippen molar-refractivity contribution in [1.29, 1.82) is 0 Å². The number of likely N-dealkylation sites (tertiary alicyclic amines) is 1. The number of carbonyl (C=O) groups excluding carboxylic acids is 3. The van der Waals surface area contributed by atoms with E-state index in [0.717, 1.165) is 30.7 Å². The molecule has 8 nitrogen and oxygen atoms in total. The number of carbonyl (C=O) groups is 3. The number of thioether (sulfide) groups is 1. The first kappa shape index (κ1) is 29.7. The molecule has 0 saturated carbocycles. The first-order chi connectivity index (χ1) is 19.8. The van der Waals surface area contributed by atoms with Crippen molar-refractivity contribution in [3.05, 3.63) is 48.6 Å². The third-order valence-corrected chi connectivity index (χ3v) is 10.7. The third-order valence-electron chi connectivity index (χ3n) is 8.94. The first-order valence-corrected chi connectivity index (χ1v) is 15.9. The Morgan fingerprint density at radius 2 is 1.63 bits per heavy atom. The van der Waals surface area contributed by atoms with Gasteiger partial charge in [0.25, 0.3) is 0 Å². The number of rotatable bonds is 11. The molecule has 1 aromatic carbocycles. The van der Waals surface area contributed by atoms with Gasteiger partial charge in [0.1, 0.15) is 11.8 Å². The first-order valence-electron chi connectivity index (χ1n) is 15.1. The molecule has 1 spiro atoms. The van der Waals surface area contributed by atoms with Crippen molar-refractivity contribution in [2.45, 2.75) is 68.4 Å². The molecule has 0 radical (unpaired) electrons. The molecule has 222 valence electrons. The van der Waals surface area contributed by atoms with E-state index >= 15 is 0 Å². The number of amides is 3. The van der Waals surface area contributed by atoms with Gasteiger partial charge in [-0.15, -0.1) is 11.8 Å². The smallest absolute Gasteiger partial charge is 0.247 e. The third kappa shape index (κ3) is 5.20. The molecule has 1 N–H and O–H groups in total. The fourth-order valence-corrected chi connectivity index (χ4v) is 9.23. The monoisotopic (exact) mass is 581 g/mol. The van der Waals surface area contributed by atoms with Gasteiger partial charge in [-0.1, -0.05) is 44.1 Å². The summed E-state index contributed by atoms with van der Waals surface area (Å²) >= 11 is 1.62. The molecule has 0 aliphatic carbocycles. The van der Waals surface area contributed by atoms with Gasteiger partial charge in [0, 0.05) is 43.2 Å². The largest absolute Gasteiger partial charge is 0.494 e. The minimum absolute atomic E-state index is 0.0293. The molecule has 3 amide bonds. The van der Waals surface area contributed by atoms with Gasteiger partial charge in [-0.2, -0.15) is 0 Å². The number of hydrogen-bond donors (Lipinski definition) is 1. The van der Waals surface area contributed by atoms with Crippen LogP contribution in [0.25, 0.3) is 0 Å². The number of hydrogen-bond acceptors (Lipinski definition) is 6. The van der Waals surface area contributed by atoms with Crippen LogP contribution in [0.4, 0.5) is 5.69 Å². The minimum atomic E-state index is -0.839. The molecular weight excluding hydrogens is 538 g/mol. The standard InChI is InChI=1S/C32H43N3O5S/c1-4-6-7-18-33-19-11-17-32-26(29(38)35(20-8-9-22-36)27(32)30(33)39)25-28(37)34(21-10-16-31(25,3)41-32)23-12-14-24(15-13-23)40-5-2/h10-17,25-27,36H,4-9,18-22H2,1-3H3/t25-,26-,27?,31+,32-/m0/s1. The zero-order valence-corrected chi connectivity index (χ0v) is 25.3. The minimum Gasteiger partial charge on any atom is -0.494 e. The van der Waals surface area contributed by atoms with Crippen LogP contribution in [0.5, 0.6) is 5.75 Å². The Hall–Kier alpha value is -2.78. The molecule has 4 aliphatic rings. The van der Waals surface area contributed by atoms with Crippen molar-refractivity contribution in [2.24, 2.45) is 11.8 Å². The molecule has 41 heavy (non-hydrogen) atoms. The molecule has 0 bridgehead atoms. The van der Waals surface area contributed by atoms with E-state index in [1.54, 1.807) is 21.6 Å². The summed E-state index contributed by atoms with van der Waals surface area (Å²) in [6.45, 7) is 8.69. The second-order valence-corrected chi connectivity index (χ2v) is 13.4. The predicted molar refractivity (Wildman–Crippen MR) is 162 cm³/mol. The molecular formula is C32H43N3O5S. The molecule has 1 unspecified atom stereocenters. The van der Waals surface area contributed by atoms with Gasteiger partial charge in [-0.05, 0) is 57.4 Å². The zero-order chi connectivity index (χ0) is 29.2. The topological polar surface area (TPSA) is 90.4 Å². The van der Waals surface area contributed by atoms with E-state index in [0.29, 0.717) is 45.6 Å². The maximum absolute atomic E-state index is 14.5. The van der Waals surface area contributed by atoms with Crippen LogP contribution in [-0.2, 0) is 14.4 Å². The maximum Gasteiger partial charge on any atom is 0.247 e. The van der Waals surface area contributed by atoms with Gasteiger partial charge in [0.05, 0.1) is 23.2 Å². The second kappa shape index (κ2) is 12.2. The van der Waals surface area contributed by atoms with Crippen molar-refractivity contribution in [3.63, 3.8) is 0 Å². The Balaban J connectivity index is 1.53. The molecule has 0 aromatic heterocycles. The quantitative estimate of drug-likeness (QED) is 0.314. The van der Waals surface area contributed by atoms with Crippen LogP contribution < -0.4 is 9.64 Å². The summed E-state index contributed by atoms with van der Waals surface area (Å²) in [5.74, 6) is -0.791. The molecule has 2 saturated heterocycles. The Kier molecular flexibility index (Phi) is 8.85. The number of nitrogens with zero attached hydrogens (tertiary/aromatic N) is 3. The number of aliphatic hydroxyl groups excluding tert-OH is 1. The van der Waals surface area contributed by atoms with Crippen LogP contribution >= 0.6 is 11.8 Å². The van der Waals surface area contributed by atoms with Crippen LogP contribution in [0, 0.1) is 11.8 Å². The van der Waals surface area contributed by atoms with Crippen molar-refractivity contribution < 1.29 is 24.2 Å². The molecule has 9 heteroatoms. The van der Waals surface area contributed by atoms with E-state index in [1.807, 2.05) is 55.2 Å². The highest BCUT2D eigenvalue weighted by molar-refractivity contribution is 8.02. The van der Waals surface area contributed by atoms with Crippen molar-refractivity contribution in [2.75, 3.05) is 44.3 Å². The van der Waals surface area contributed by atoms with Gasteiger partial charge >= 0.3 is 0 Å². The number of fused-ring (bicyclic) bond motifs is 2. The molecule has 4 aliphatic heterocycles. The van der Waals surface area contributed by atoms with Crippen molar-refractivity contribution in [3.8, 4) is 5.75 Å². The van der Waals surface area contributed by atoms with E-state index in [-0.39, 0.29) is 24.3 Å².